The van der Waals surface area contributed by atoms with Crippen molar-refractivity contribution in [3.05, 3.63) is 30.0 Å². The van der Waals surface area contributed by atoms with Crippen LogP contribution in [0.1, 0.15) is 31.2 Å². The van der Waals surface area contributed by atoms with Crippen molar-refractivity contribution in [1.82, 2.24) is 5.32 Å². The molecule has 1 aromatic heterocycles. The van der Waals surface area contributed by atoms with E-state index in [-0.39, 0.29) is 18.6 Å². The first-order valence-electron chi connectivity index (χ1n) is 8.14. The largest absolute Gasteiger partial charge is 0.497 e. The number of hydrogen-bond donors (Lipinski definition) is 2. The van der Waals surface area contributed by atoms with E-state index in [1.807, 2.05) is 18.2 Å². The van der Waals surface area contributed by atoms with Gasteiger partial charge in [0.1, 0.15) is 11.3 Å². The third kappa shape index (κ3) is 3.67. The van der Waals surface area contributed by atoms with E-state index < -0.39 is 0 Å². The van der Waals surface area contributed by atoms with Crippen molar-refractivity contribution in [1.29, 1.82) is 0 Å². The maximum atomic E-state index is 12.3. The van der Waals surface area contributed by atoms with Crippen LogP contribution in [0, 0.1) is 5.92 Å². The molecule has 5 heteroatoms. The number of carbonyl (C=O) groups is 1. The highest BCUT2D eigenvalue weighted by molar-refractivity contribution is 5.88. The molecule has 5 nitrogen and oxygen atoms in total. The second-order valence-corrected chi connectivity index (χ2v) is 6.27. The number of rotatable bonds is 5. The fourth-order valence-electron chi connectivity index (χ4n) is 3.27. The number of fused-ring (bicyclic) bond motifs is 1. The molecule has 1 aliphatic carbocycles. The molecule has 3 rings (SSSR count). The van der Waals surface area contributed by atoms with Gasteiger partial charge in [0.2, 0.25) is 5.91 Å². The Hall–Kier alpha value is -2.01. The molecule has 0 bridgehead atoms. The number of ether oxygens (including phenoxy) is 1. The maximum Gasteiger partial charge on any atom is 0.224 e. The zero-order valence-electron chi connectivity index (χ0n) is 13.4. The lowest BCUT2D eigenvalue weighted by Gasteiger charge is -2.27. The second kappa shape index (κ2) is 7.04. The number of furan rings is 1. The predicted molar refractivity (Wildman–Crippen MR) is 87.4 cm³/mol. The Morgan fingerprint density at radius 2 is 2.13 bits per heavy atom. The Morgan fingerprint density at radius 1 is 1.35 bits per heavy atom. The summed E-state index contributed by atoms with van der Waals surface area (Å²) >= 11 is 0. The molecule has 0 atom stereocenters. The zero-order valence-corrected chi connectivity index (χ0v) is 13.4. The van der Waals surface area contributed by atoms with Crippen LogP contribution in [-0.4, -0.2) is 30.8 Å². The lowest BCUT2D eigenvalue weighted by molar-refractivity contribution is -0.121. The second-order valence-electron chi connectivity index (χ2n) is 6.27. The fraction of sp³-hybridized carbons (Fsp3) is 0.500. The summed E-state index contributed by atoms with van der Waals surface area (Å²) in [6.45, 7) is 0.255. The highest BCUT2D eigenvalue weighted by Crippen LogP contribution is 2.26. The van der Waals surface area contributed by atoms with Gasteiger partial charge < -0.3 is 19.6 Å². The molecule has 124 valence electrons. The Balaban J connectivity index is 1.60. The van der Waals surface area contributed by atoms with E-state index in [9.17, 15) is 4.79 Å². The summed E-state index contributed by atoms with van der Waals surface area (Å²) in [6, 6.07) is 5.85. The Kier molecular flexibility index (Phi) is 4.86. The molecule has 0 aliphatic heterocycles. The van der Waals surface area contributed by atoms with E-state index >= 15 is 0 Å². The van der Waals surface area contributed by atoms with Gasteiger partial charge in [0.25, 0.3) is 0 Å². The van der Waals surface area contributed by atoms with Crippen LogP contribution in [0.5, 0.6) is 5.75 Å². The van der Waals surface area contributed by atoms with Crippen molar-refractivity contribution in [2.45, 2.75) is 38.1 Å². The first kappa shape index (κ1) is 15.9. The number of amides is 1. The van der Waals surface area contributed by atoms with Gasteiger partial charge in [-0.3, -0.25) is 4.79 Å². The third-order valence-corrected chi connectivity index (χ3v) is 4.68. The van der Waals surface area contributed by atoms with E-state index in [1.54, 1.807) is 13.4 Å². The number of methoxy groups -OCH3 is 1. The molecule has 1 saturated carbocycles. The molecule has 1 fully saturated rings. The highest BCUT2D eigenvalue weighted by atomic mass is 16.5. The van der Waals surface area contributed by atoms with Gasteiger partial charge in [0.05, 0.1) is 19.8 Å². The number of benzene rings is 1. The Labute approximate surface area is 135 Å². The minimum absolute atomic E-state index is 0.0240. The van der Waals surface area contributed by atoms with Gasteiger partial charge in [-0.1, -0.05) is 0 Å². The van der Waals surface area contributed by atoms with E-state index in [4.69, 9.17) is 14.3 Å². The van der Waals surface area contributed by atoms with Gasteiger partial charge in [0, 0.05) is 29.7 Å². The molecule has 2 aromatic rings. The molecular formula is C18H23NO4. The van der Waals surface area contributed by atoms with Crippen LogP contribution in [0.15, 0.2) is 28.9 Å². The van der Waals surface area contributed by atoms with Gasteiger partial charge in [-0.25, -0.2) is 0 Å². The third-order valence-electron chi connectivity index (χ3n) is 4.68. The predicted octanol–water partition coefficient (Wildman–Crippen LogP) is 2.65. The van der Waals surface area contributed by atoms with Crippen LogP contribution < -0.4 is 10.1 Å². The lowest BCUT2D eigenvalue weighted by Crippen LogP contribution is -2.38. The summed E-state index contributed by atoms with van der Waals surface area (Å²) in [5.74, 6) is 1.16. The molecule has 1 heterocycles. The van der Waals surface area contributed by atoms with Crippen LogP contribution in [0.2, 0.25) is 0 Å². The summed E-state index contributed by atoms with van der Waals surface area (Å²) in [5.41, 5.74) is 1.62. The molecule has 2 N–H and O–H groups in total. The van der Waals surface area contributed by atoms with Gasteiger partial charge in [-0.15, -0.1) is 0 Å². The summed E-state index contributed by atoms with van der Waals surface area (Å²) in [6.07, 6.45) is 5.82. The molecule has 1 amide bonds. The maximum absolute atomic E-state index is 12.3. The molecule has 1 aromatic carbocycles. The minimum atomic E-state index is 0.0240. The standard InChI is InChI=1S/C18H23NO4/c1-22-15-6-7-16-13(11-23-17(16)9-15)8-18(21)19-14-4-2-12(10-20)3-5-14/h6-7,9,11-12,14,20H,2-5,8,10H2,1H3,(H,19,21). The minimum Gasteiger partial charge on any atom is -0.497 e. The topological polar surface area (TPSA) is 71.7 Å². The van der Waals surface area contributed by atoms with Crippen LogP contribution >= 0.6 is 0 Å². The molecule has 0 saturated heterocycles. The first-order valence-corrected chi connectivity index (χ1v) is 8.14. The van der Waals surface area contributed by atoms with Crippen molar-refractivity contribution in [3.8, 4) is 5.75 Å². The summed E-state index contributed by atoms with van der Waals surface area (Å²) in [4.78, 5) is 12.3. The summed E-state index contributed by atoms with van der Waals surface area (Å²) in [5, 5.41) is 13.2. The lowest BCUT2D eigenvalue weighted by atomic mass is 9.86. The molecular weight excluding hydrogens is 294 g/mol. The van der Waals surface area contributed by atoms with Gasteiger partial charge in [-0.05, 0) is 43.7 Å². The molecule has 0 unspecified atom stereocenters. The molecule has 0 radical (unpaired) electrons. The van der Waals surface area contributed by atoms with Crippen LogP contribution in [0.3, 0.4) is 0 Å². The van der Waals surface area contributed by atoms with Crippen LogP contribution in [-0.2, 0) is 11.2 Å². The number of aliphatic hydroxyl groups excluding tert-OH is 1. The average molecular weight is 317 g/mol. The highest BCUT2D eigenvalue weighted by Gasteiger charge is 2.22. The average Bonchev–Trinajstić information content (AvgIpc) is 2.97. The van der Waals surface area contributed by atoms with E-state index in [0.29, 0.717) is 12.3 Å². The van der Waals surface area contributed by atoms with E-state index in [0.717, 1.165) is 48.0 Å². The van der Waals surface area contributed by atoms with Crippen molar-refractivity contribution >= 4 is 16.9 Å². The van der Waals surface area contributed by atoms with E-state index in [1.165, 1.54) is 0 Å². The fourth-order valence-corrected chi connectivity index (χ4v) is 3.27. The summed E-state index contributed by atoms with van der Waals surface area (Å²) in [7, 11) is 1.62. The Bertz CT molecular complexity index is 671. The van der Waals surface area contributed by atoms with Crippen molar-refractivity contribution in [3.63, 3.8) is 0 Å². The Morgan fingerprint density at radius 3 is 2.83 bits per heavy atom. The van der Waals surface area contributed by atoms with Gasteiger partial charge in [0.15, 0.2) is 0 Å². The molecule has 23 heavy (non-hydrogen) atoms. The van der Waals surface area contributed by atoms with Crippen molar-refractivity contribution in [2.24, 2.45) is 5.92 Å². The van der Waals surface area contributed by atoms with E-state index in [2.05, 4.69) is 5.32 Å². The smallest absolute Gasteiger partial charge is 0.224 e. The molecule has 1 aliphatic rings. The SMILES string of the molecule is COc1ccc2c(CC(=O)NC3CCC(CO)CC3)coc2c1. The number of hydrogen-bond acceptors (Lipinski definition) is 4. The zero-order chi connectivity index (χ0) is 16.2. The van der Waals surface area contributed by atoms with Gasteiger partial charge in [-0.2, -0.15) is 0 Å². The van der Waals surface area contributed by atoms with Crippen molar-refractivity contribution in [2.75, 3.05) is 13.7 Å². The first-order chi connectivity index (χ1) is 11.2. The monoisotopic (exact) mass is 317 g/mol. The van der Waals surface area contributed by atoms with Crippen LogP contribution in [0.25, 0.3) is 11.0 Å². The quantitative estimate of drug-likeness (QED) is 0.889. The number of carbonyl (C=O) groups excluding carboxylic acids is 1. The van der Waals surface area contributed by atoms with Crippen LogP contribution in [0.4, 0.5) is 0 Å². The normalized spacial score (nSPS) is 21.3. The number of aliphatic hydroxyl groups is 1. The van der Waals surface area contributed by atoms with Crippen molar-refractivity contribution < 1.29 is 19.1 Å². The van der Waals surface area contributed by atoms with Gasteiger partial charge >= 0.3 is 0 Å². The number of nitrogens with one attached hydrogen (secondary N) is 1. The molecule has 0 spiro atoms. The summed E-state index contributed by atoms with van der Waals surface area (Å²) < 4.78 is 10.7.